The van der Waals surface area contributed by atoms with E-state index in [9.17, 15) is 9.90 Å². The summed E-state index contributed by atoms with van der Waals surface area (Å²) in [6.45, 7) is 2.12. The highest BCUT2D eigenvalue weighted by Crippen LogP contribution is 2.23. The number of carboxylic acid groups (broad SMARTS) is 1. The van der Waals surface area contributed by atoms with Crippen molar-refractivity contribution >= 4 is 28.4 Å². The summed E-state index contributed by atoms with van der Waals surface area (Å²) in [4.78, 5) is 10.1. The summed E-state index contributed by atoms with van der Waals surface area (Å²) in [6.07, 6.45) is 4.03. The Morgan fingerprint density at radius 3 is 2.67 bits per heavy atom. The predicted octanol–water partition coefficient (Wildman–Crippen LogP) is 1.65. The monoisotopic (exact) mass is 207 g/mol. The number of carbonyl (C=O) groups excluding carboxylic acids is 1. The Hall–Kier alpha value is 0.170. The topological polar surface area (TPSA) is 40.1 Å². The van der Waals surface area contributed by atoms with Crippen LogP contribution in [0.15, 0.2) is 0 Å². The minimum absolute atomic E-state index is 0.188. The molecule has 0 aliphatic heterocycles. The van der Waals surface area contributed by atoms with Gasteiger partial charge in [0.1, 0.15) is 0 Å². The van der Waals surface area contributed by atoms with Gasteiger partial charge in [-0.25, -0.2) is 0 Å². The van der Waals surface area contributed by atoms with E-state index in [2.05, 4.69) is 18.6 Å². The van der Waals surface area contributed by atoms with Gasteiger partial charge in [-0.05, 0) is 25.7 Å². The molecule has 0 saturated heterocycles. The number of thiol groups is 1. The van der Waals surface area contributed by atoms with E-state index in [0.29, 0.717) is 5.25 Å². The van der Waals surface area contributed by atoms with Crippen LogP contribution in [0.4, 0.5) is 0 Å². The number of aliphatic carboxylic acids is 1. The third kappa shape index (κ3) is 6.85. The summed E-state index contributed by atoms with van der Waals surface area (Å²) < 4.78 is 0. The van der Waals surface area contributed by atoms with Crippen LogP contribution in [0.5, 0.6) is 0 Å². The Morgan fingerprint density at radius 1 is 1.58 bits per heavy atom. The second-order valence-corrected chi connectivity index (χ2v) is 4.26. The van der Waals surface area contributed by atoms with Crippen molar-refractivity contribution in [3.63, 3.8) is 0 Å². The molecule has 0 aliphatic rings. The van der Waals surface area contributed by atoms with Crippen LogP contribution in [0.3, 0.4) is 0 Å². The molecule has 4 heteroatoms. The summed E-state index contributed by atoms with van der Waals surface area (Å²) in [5.74, 6) is -0.943. The zero-order chi connectivity index (χ0) is 9.40. The lowest BCUT2D eigenvalue weighted by atomic mass is 10.1. The molecule has 0 N–H and O–H groups in total. The van der Waals surface area contributed by atoms with Gasteiger partial charge in [0, 0.05) is 11.2 Å². The van der Waals surface area contributed by atoms with Crippen LogP contribution < -0.4 is 5.11 Å². The molecule has 0 bridgehead atoms. The van der Waals surface area contributed by atoms with Gasteiger partial charge in [-0.2, -0.15) is 0 Å². The van der Waals surface area contributed by atoms with E-state index in [1.807, 2.05) is 0 Å². The van der Waals surface area contributed by atoms with Crippen LogP contribution in [0.2, 0.25) is 0 Å². The molecule has 0 radical (unpaired) electrons. The Bertz CT molecular complexity index is 124. The molecule has 72 valence electrons. The van der Waals surface area contributed by atoms with Gasteiger partial charge < -0.3 is 9.90 Å². The van der Waals surface area contributed by atoms with Crippen molar-refractivity contribution in [2.24, 2.45) is 0 Å². The smallest absolute Gasteiger partial charge is 0.0414 e. The molecule has 0 amide bonds. The zero-order valence-corrected chi connectivity index (χ0v) is 9.00. The molecule has 0 saturated carbocycles. The number of hydrogen-bond acceptors (Lipinski definition) is 4. The Labute approximate surface area is 82.9 Å². The minimum atomic E-state index is -0.943. The molecule has 0 heterocycles. The molecular formula is C8H15O2S2-. The molecule has 12 heavy (non-hydrogen) atoms. The average Bonchev–Trinajstić information content (AvgIpc) is 2.04. The SMILES string of the molecule is CCC(CCCCC(=O)[O-])SS. The molecule has 0 aromatic heterocycles. The molecule has 0 rings (SSSR count). The Morgan fingerprint density at radius 2 is 2.25 bits per heavy atom. The van der Waals surface area contributed by atoms with Gasteiger partial charge >= 0.3 is 0 Å². The molecule has 1 atom stereocenters. The van der Waals surface area contributed by atoms with E-state index in [-0.39, 0.29) is 6.42 Å². The lowest BCUT2D eigenvalue weighted by Crippen LogP contribution is -2.21. The molecule has 0 aliphatic carbocycles. The molecule has 0 aromatic rings. The fourth-order valence-electron chi connectivity index (χ4n) is 0.973. The van der Waals surface area contributed by atoms with E-state index in [0.717, 1.165) is 25.7 Å². The highest BCUT2D eigenvalue weighted by molar-refractivity contribution is 8.68. The van der Waals surface area contributed by atoms with Crippen molar-refractivity contribution in [2.75, 3.05) is 0 Å². The van der Waals surface area contributed by atoms with Crippen LogP contribution in [0.25, 0.3) is 0 Å². The van der Waals surface area contributed by atoms with Crippen LogP contribution >= 0.6 is 22.5 Å². The van der Waals surface area contributed by atoms with E-state index >= 15 is 0 Å². The van der Waals surface area contributed by atoms with Gasteiger partial charge in [0.15, 0.2) is 0 Å². The van der Waals surface area contributed by atoms with E-state index in [1.165, 1.54) is 0 Å². The summed E-state index contributed by atoms with van der Waals surface area (Å²) in [5.41, 5.74) is 0. The Balaban J connectivity index is 3.23. The minimum Gasteiger partial charge on any atom is -0.550 e. The fraction of sp³-hybridized carbons (Fsp3) is 0.875. The van der Waals surface area contributed by atoms with Crippen LogP contribution in [-0.4, -0.2) is 11.2 Å². The van der Waals surface area contributed by atoms with Crippen LogP contribution in [-0.2, 0) is 4.79 Å². The lowest BCUT2D eigenvalue weighted by Gasteiger charge is -2.10. The third-order valence-electron chi connectivity index (χ3n) is 1.76. The first-order valence-corrected chi connectivity index (χ1v) is 6.14. The van der Waals surface area contributed by atoms with Gasteiger partial charge in [-0.15, -0.1) is 11.7 Å². The summed E-state index contributed by atoms with van der Waals surface area (Å²) in [6, 6.07) is 0. The number of carbonyl (C=O) groups is 1. The van der Waals surface area contributed by atoms with E-state index < -0.39 is 5.97 Å². The van der Waals surface area contributed by atoms with Gasteiger partial charge in [0.25, 0.3) is 0 Å². The summed E-state index contributed by atoms with van der Waals surface area (Å²) >= 11 is 4.13. The molecule has 0 aromatic carbocycles. The highest BCUT2D eigenvalue weighted by Gasteiger charge is 2.03. The van der Waals surface area contributed by atoms with Crippen LogP contribution in [0.1, 0.15) is 39.0 Å². The van der Waals surface area contributed by atoms with E-state index in [1.54, 1.807) is 10.8 Å². The zero-order valence-electron chi connectivity index (χ0n) is 7.28. The largest absolute Gasteiger partial charge is 0.550 e. The number of unbranched alkanes of at least 4 members (excludes halogenated alkanes) is 1. The maximum atomic E-state index is 10.1. The maximum Gasteiger partial charge on any atom is 0.0414 e. The molecule has 0 fully saturated rings. The van der Waals surface area contributed by atoms with E-state index in [4.69, 9.17) is 0 Å². The van der Waals surface area contributed by atoms with Crippen LogP contribution in [0, 0.1) is 0 Å². The predicted molar refractivity (Wildman–Crippen MR) is 54.1 cm³/mol. The average molecular weight is 207 g/mol. The highest BCUT2D eigenvalue weighted by atomic mass is 33.1. The quantitative estimate of drug-likeness (QED) is 0.392. The molecule has 2 nitrogen and oxygen atoms in total. The van der Waals surface area contributed by atoms with Gasteiger partial charge in [-0.3, -0.25) is 0 Å². The first kappa shape index (κ1) is 12.2. The second-order valence-electron chi connectivity index (χ2n) is 2.75. The van der Waals surface area contributed by atoms with Crippen molar-refractivity contribution in [3.8, 4) is 0 Å². The number of carboxylic acids is 1. The summed E-state index contributed by atoms with van der Waals surface area (Å²) in [7, 11) is 1.56. The first-order chi connectivity index (χ1) is 5.70. The molecule has 1 unspecified atom stereocenters. The fourth-order valence-corrected chi connectivity index (χ4v) is 2.16. The number of rotatable bonds is 7. The first-order valence-electron chi connectivity index (χ1n) is 4.20. The van der Waals surface area contributed by atoms with Crippen molar-refractivity contribution < 1.29 is 9.90 Å². The maximum absolute atomic E-state index is 10.1. The normalized spacial score (nSPS) is 12.8. The lowest BCUT2D eigenvalue weighted by molar-refractivity contribution is -0.305. The van der Waals surface area contributed by atoms with Gasteiger partial charge in [0.05, 0.1) is 0 Å². The molecular weight excluding hydrogens is 192 g/mol. The van der Waals surface area contributed by atoms with Gasteiger partial charge in [0.2, 0.25) is 0 Å². The van der Waals surface area contributed by atoms with Crippen molar-refractivity contribution in [1.82, 2.24) is 0 Å². The third-order valence-corrected chi connectivity index (χ3v) is 3.52. The van der Waals surface area contributed by atoms with Gasteiger partial charge in [-0.1, -0.05) is 24.1 Å². The number of hydrogen-bond donors (Lipinski definition) is 1. The Kier molecular flexibility index (Phi) is 7.91. The summed E-state index contributed by atoms with van der Waals surface area (Å²) in [5, 5.41) is 10.6. The second kappa shape index (κ2) is 7.80. The van der Waals surface area contributed by atoms with Crippen molar-refractivity contribution in [1.29, 1.82) is 0 Å². The van der Waals surface area contributed by atoms with Crippen molar-refractivity contribution in [2.45, 2.75) is 44.3 Å². The van der Waals surface area contributed by atoms with Crippen molar-refractivity contribution in [3.05, 3.63) is 0 Å². The standard InChI is InChI=1S/C8H16O2S2/c1-2-7(12-11)5-3-4-6-8(9)10/h7,11H,2-6H2,1H3,(H,9,10)/p-1. The molecule has 0 spiro atoms.